The molecule has 0 unspecified atom stereocenters. The van der Waals surface area contributed by atoms with E-state index in [-0.39, 0.29) is 17.7 Å². The first kappa shape index (κ1) is 15.2. The van der Waals surface area contributed by atoms with E-state index < -0.39 is 0 Å². The van der Waals surface area contributed by atoms with E-state index in [2.05, 4.69) is 17.6 Å². The third kappa shape index (κ3) is 5.12. The fourth-order valence-electron chi connectivity index (χ4n) is 1.56. The van der Waals surface area contributed by atoms with Crippen LogP contribution in [0.25, 0.3) is 0 Å². The Labute approximate surface area is 114 Å². The van der Waals surface area contributed by atoms with Crippen LogP contribution in [0.5, 0.6) is 0 Å². The normalized spacial score (nSPS) is 10.3. The van der Waals surface area contributed by atoms with Crippen LogP contribution in [-0.2, 0) is 11.2 Å². The van der Waals surface area contributed by atoms with Gasteiger partial charge in [0, 0.05) is 24.6 Å². The molecular formula is C15H22N2O2. The molecule has 4 heteroatoms. The van der Waals surface area contributed by atoms with Gasteiger partial charge in [-0.3, -0.25) is 9.59 Å². The van der Waals surface area contributed by atoms with E-state index in [9.17, 15) is 9.59 Å². The number of amides is 2. The van der Waals surface area contributed by atoms with Crippen molar-refractivity contribution in [1.29, 1.82) is 0 Å². The molecule has 1 aromatic rings. The maximum absolute atomic E-state index is 11.8. The van der Waals surface area contributed by atoms with Gasteiger partial charge in [-0.05, 0) is 24.1 Å². The average Bonchev–Trinajstić information content (AvgIpc) is 2.43. The number of carbonyl (C=O) groups is 2. The van der Waals surface area contributed by atoms with Crippen LogP contribution < -0.4 is 10.6 Å². The van der Waals surface area contributed by atoms with Crippen molar-refractivity contribution in [3.05, 3.63) is 35.4 Å². The summed E-state index contributed by atoms with van der Waals surface area (Å²) in [6.45, 7) is 6.64. The molecule has 0 fully saturated rings. The van der Waals surface area contributed by atoms with E-state index in [4.69, 9.17) is 0 Å². The lowest BCUT2D eigenvalue weighted by Gasteiger charge is -2.09. The SMILES string of the molecule is CCc1ccc(C(=O)NCCNC(=O)C(C)C)cc1. The second-order valence-electron chi connectivity index (χ2n) is 4.75. The minimum Gasteiger partial charge on any atom is -0.354 e. The maximum Gasteiger partial charge on any atom is 0.251 e. The van der Waals surface area contributed by atoms with E-state index in [1.54, 1.807) is 0 Å². The molecule has 0 aliphatic rings. The van der Waals surface area contributed by atoms with Crippen molar-refractivity contribution in [3.8, 4) is 0 Å². The third-order valence-electron chi connectivity index (χ3n) is 2.86. The standard InChI is InChI=1S/C15H22N2O2/c1-4-12-5-7-13(8-6-12)15(19)17-10-9-16-14(18)11(2)3/h5-8,11H,4,9-10H2,1-3H3,(H,16,18)(H,17,19). The van der Waals surface area contributed by atoms with Crippen molar-refractivity contribution in [3.63, 3.8) is 0 Å². The first-order valence-corrected chi connectivity index (χ1v) is 6.69. The molecule has 0 aliphatic heterocycles. The molecule has 0 saturated carbocycles. The maximum atomic E-state index is 11.8. The van der Waals surface area contributed by atoms with Gasteiger partial charge < -0.3 is 10.6 Å². The Morgan fingerprint density at radius 1 is 1.05 bits per heavy atom. The number of aryl methyl sites for hydroxylation is 1. The Morgan fingerprint density at radius 3 is 2.16 bits per heavy atom. The molecule has 0 bridgehead atoms. The average molecular weight is 262 g/mol. The molecule has 2 N–H and O–H groups in total. The highest BCUT2D eigenvalue weighted by atomic mass is 16.2. The number of hydrogen-bond donors (Lipinski definition) is 2. The van der Waals surface area contributed by atoms with Crippen LogP contribution in [0.3, 0.4) is 0 Å². The Hall–Kier alpha value is -1.84. The summed E-state index contributed by atoms with van der Waals surface area (Å²) in [6, 6.07) is 7.55. The second kappa shape index (κ2) is 7.56. The van der Waals surface area contributed by atoms with E-state index >= 15 is 0 Å². The summed E-state index contributed by atoms with van der Waals surface area (Å²) in [5.41, 5.74) is 1.85. The fraction of sp³-hybridized carbons (Fsp3) is 0.467. The highest BCUT2D eigenvalue weighted by Crippen LogP contribution is 2.04. The van der Waals surface area contributed by atoms with Crippen LogP contribution >= 0.6 is 0 Å². The fourth-order valence-corrected chi connectivity index (χ4v) is 1.56. The van der Waals surface area contributed by atoms with Gasteiger partial charge in [-0.15, -0.1) is 0 Å². The monoisotopic (exact) mass is 262 g/mol. The third-order valence-corrected chi connectivity index (χ3v) is 2.86. The first-order chi connectivity index (χ1) is 9.04. The van der Waals surface area contributed by atoms with Gasteiger partial charge in [0.25, 0.3) is 5.91 Å². The molecule has 0 spiro atoms. The number of rotatable bonds is 6. The first-order valence-electron chi connectivity index (χ1n) is 6.69. The van der Waals surface area contributed by atoms with Gasteiger partial charge in [0.15, 0.2) is 0 Å². The predicted octanol–water partition coefficient (Wildman–Crippen LogP) is 1.75. The lowest BCUT2D eigenvalue weighted by atomic mass is 10.1. The molecule has 1 aromatic carbocycles. The Morgan fingerprint density at radius 2 is 1.63 bits per heavy atom. The van der Waals surface area contributed by atoms with Gasteiger partial charge in [0.2, 0.25) is 5.91 Å². The summed E-state index contributed by atoms with van der Waals surface area (Å²) in [7, 11) is 0. The van der Waals surface area contributed by atoms with E-state index in [1.165, 1.54) is 5.56 Å². The zero-order valence-corrected chi connectivity index (χ0v) is 11.8. The Bertz CT molecular complexity index is 424. The van der Waals surface area contributed by atoms with Crippen molar-refractivity contribution in [2.45, 2.75) is 27.2 Å². The van der Waals surface area contributed by atoms with Gasteiger partial charge in [0.05, 0.1) is 0 Å². The summed E-state index contributed by atoms with van der Waals surface area (Å²) >= 11 is 0. The number of nitrogens with one attached hydrogen (secondary N) is 2. The van der Waals surface area contributed by atoms with Crippen LogP contribution in [-0.4, -0.2) is 24.9 Å². The summed E-state index contributed by atoms with van der Waals surface area (Å²) < 4.78 is 0. The van der Waals surface area contributed by atoms with Crippen LogP contribution in [0.15, 0.2) is 24.3 Å². The summed E-state index contributed by atoms with van der Waals surface area (Å²) in [6.07, 6.45) is 0.961. The molecule has 0 atom stereocenters. The molecule has 0 saturated heterocycles. The second-order valence-corrected chi connectivity index (χ2v) is 4.75. The highest BCUT2D eigenvalue weighted by molar-refractivity contribution is 5.94. The molecule has 19 heavy (non-hydrogen) atoms. The number of benzene rings is 1. The highest BCUT2D eigenvalue weighted by Gasteiger charge is 2.07. The molecule has 2 amide bonds. The lowest BCUT2D eigenvalue weighted by Crippen LogP contribution is -2.36. The molecule has 1 rings (SSSR count). The molecule has 0 aliphatic carbocycles. The van der Waals surface area contributed by atoms with Crippen molar-refractivity contribution in [2.24, 2.45) is 5.92 Å². The van der Waals surface area contributed by atoms with Crippen LogP contribution in [0.2, 0.25) is 0 Å². The molecule has 0 aromatic heterocycles. The summed E-state index contributed by atoms with van der Waals surface area (Å²) in [5, 5.41) is 5.53. The van der Waals surface area contributed by atoms with Crippen LogP contribution in [0.1, 0.15) is 36.7 Å². The Balaban J connectivity index is 2.33. The van der Waals surface area contributed by atoms with Gasteiger partial charge in [-0.2, -0.15) is 0 Å². The van der Waals surface area contributed by atoms with Crippen molar-refractivity contribution >= 4 is 11.8 Å². The zero-order valence-electron chi connectivity index (χ0n) is 11.8. The summed E-state index contributed by atoms with van der Waals surface area (Å²) in [5.74, 6) is -0.139. The quantitative estimate of drug-likeness (QED) is 0.767. The number of hydrogen-bond acceptors (Lipinski definition) is 2. The minimum atomic E-state index is -0.110. The minimum absolute atomic E-state index is 0.00143. The smallest absolute Gasteiger partial charge is 0.251 e. The zero-order chi connectivity index (χ0) is 14.3. The largest absolute Gasteiger partial charge is 0.354 e. The van der Waals surface area contributed by atoms with Crippen molar-refractivity contribution in [2.75, 3.05) is 13.1 Å². The van der Waals surface area contributed by atoms with Crippen LogP contribution in [0, 0.1) is 5.92 Å². The molecule has 4 nitrogen and oxygen atoms in total. The van der Waals surface area contributed by atoms with Crippen LogP contribution in [0.4, 0.5) is 0 Å². The molecular weight excluding hydrogens is 240 g/mol. The van der Waals surface area contributed by atoms with Gasteiger partial charge in [0.1, 0.15) is 0 Å². The van der Waals surface area contributed by atoms with Crippen molar-refractivity contribution < 1.29 is 9.59 Å². The Kier molecular flexibility index (Phi) is 6.06. The topological polar surface area (TPSA) is 58.2 Å². The molecule has 0 heterocycles. The lowest BCUT2D eigenvalue weighted by molar-refractivity contribution is -0.123. The predicted molar refractivity (Wildman–Crippen MR) is 76.0 cm³/mol. The number of carbonyl (C=O) groups excluding carboxylic acids is 2. The molecule has 0 radical (unpaired) electrons. The van der Waals surface area contributed by atoms with E-state index in [0.29, 0.717) is 18.7 Å². The van der Waals surface area contributed by atoms with Gasteiger partial charge in [-0.25, -0.2) is 0 Å². The van der Waals surface area contributed by atoms with Gasteiger partial charge in [-0.1, -0.05) is 32.9 Å². The van der Waals surface area contributed by atoms with Gasteiger partial charge >= 0.3 is 0 Å². The van der Waals surface area contributed by atoms with E-state index in [1.807, 2.05) is 38.1 Å². The molecule has 104 valence electrons. The summed E-state index contributed by atoms with van der Waals surface area (Å²) in [4.78, 5) is 23.1. The van der Waals surface area contributed by atoms with E-state index in [0.717, 1.165) is 6.42 Å². The van der Waals surface area contributed by atoms with Crippen molar-refractivity contribution in [1.82, 2.24) is 10.6 Å².